The molecule has 4 heteroatoms. The molecule has 1 heterocycles. The Labute approximate surface area is 116 Å². The summed E-state index contributed by atoms with van der Waals surface area (Å²) < 4.78 is 0. The monoisotopic (exact) mass is 279 g/mol. The molecule has 2 rings (SSSR count). The van der Waals surface area contributed by atoms with Crippen molar-refractivity contribution < 1.29 is 5.11 Å². The van der Waals surface area contributed by atoms with Crippen molar-refractivity contribution in [2.45, 2.75) is 23.8 Å². The molecule has 0 unspecified atom stereocenters. The summed E-state index contributed by atoms with van der Waals surface area (Å²) in [6, 6.07) is 11.5. The second-order valence-electron chi connectivity index (χ2n) is 3.95. The second-order valence-corrected chi connectivity index (χ2v) is 5.33. The largest absolute Gasteiger partial charge is 0.389 e. The van der Waals surface area contributed by atoms with Crippen LogP contribution in [0.5, 0.6) is 0 Å². The Morgan fingerprint density at radius 3 is 2.78 bits per heavy atom. The molecular weight excluding hydrogens is 266 g/mol. The standard InChI is InChI=1S/C14H14ClNOS/c1-10(17)12-6-4-8-16-14(12)18-9-11-5-2-3-7-13(11)15/h2-8,10,17H,9H2,1H3/t10-/m0/s1. The van der Waals surface area contributed by atoms with Gasteiger partial charge in [0.25, 0.3) is 0 Å². The van der Waals surface area contributed by atoms with E-state index in [1.807, 2.05) is 36.4 Å². The van der Waals surface area contributed by atoms with Crippen molar-refractivity contribution >= 4 is 23.4 Å². The fourth-order valence-corrected chi connectivity index (χ4v) is 2.97. The van der Waals surface area contributed by atoms with Gasteiger partial charge in [-0.15, -0.1) is 11.8 Å². The van der Waals surface area contributed by atoms with Crippen molar-refractivity contribution in [3.05, 3.63) is 58.7 Å². The Balaban J connectivity index is 2.14. The van der Waals surface area contributed by atoms with Gasteiger partial charge in [0.05, 0.1) is 6.10 Å². The van der Waals surface area contributed by atoms with Gasteiger partial charge in [-0.2, -0.15) is 0 Å². The highest BCUT2D eigenvalue weighted by molar-refractivity contribution is 7.98. The first-order chi connectivity index (χ1) is 8.68. The summed E-state index contributed by atoms with van der Waals surface area (Å²) in [7, 11) is 0. The number of pyridine rings is 1. The molecule has 0 aliphatic rings. The zero-order valence-electron chi connectivity index (χ0n) is 10.0. The number of aliphatic hydroxyl groups excluding tert-OH is 1. The van der Waals surface area contributed by atoms with Crippen LogP contribution in [0.4, 0.5) is 0 Å². The minimum Gasteiger partial charge on any atom is -0.389 e. The van der Waals surface area contributed by atoms with Gasteiger partial charge >= 0.3 is 0 Å². The zero-order valence-corrected chi connectivity index (χ0v) is 11.6. The number of rotatable bonds is 4. The predicted octanol–water partition coefficient (Wildman–Crippen LogP) is 4.08. The number of nitrogens with zero attached hydrogens (tertiary/aromatic N) is 1. The average Bonchev–Trinajstić information content (AvgIpc) is 2.38. The first-order valence-electron chi connectivity index (χ1n) is 5.67. The SMILES string of the molecule is C[C@H](O)c1cccnc1SCc1ccccc1Cl. The van der Waals surface area contributed by atoms with Gasteiger partial charge in [-0.25, -0.2) is 4.98 Å². The lowest BCUT2D eigenvalue weighted by molar-refractivity contribution is 0.195. The topological polar surface area (TPSA) is 33.1 Å². The maximum Gasteiger partial charge on any atom is 0.102 e. The fourth-order valence-electron chi connectivity index (χ4n) is 1.60. The normalized spacial score (nSPS) is 12.4. The Morgan fingerprint density at radius 1 is 1.28 bits per heavy atom. The van der Waals surface area contributed by atoms with Crippen molar-refractivity contribution in [3.8, 4) is 0 Å². The molecule has 2 aromatic rings. The molecule has 0 aliphatic carbocycles. The minimum atomic E-state index is -0.507. The van der Waals surface area contributed by atoms with Crippen LogP contribution in [-0.2, 0) is 5.75 Å². The predicted molar refractivity (Wildman–Crippen MR) is 75.9 cm³/mol. The van der Waals surface area contributed by atoms with Gasteiger partial charge < -0.3 is 5.11 Å². The summed E-state index contributed by atoms with van der Waals surface area (Å²) in [6.07, 6.45) is 1.23. The highest BCUT2D eigenvalue weighted by Gasteiger charge is 2.09. The summed E-state index contributed by atoms with van der Waals surface area (Å²) in [6.45, 7) is 1.75. The maximum absolute atomic E-state index is 9.68. The number of aromatic nitrogens is 1. The summed E-state index contributed by atoms with van der Waals surface area (Å²) in [4.78, 5) is 4.30. The van der Waals surface area contributed by atoms with Gasteiger partial charge in [0.2, 0.25) is 0 Å². The van der Waals surface area contributed by atoms with Crippen molar-refractivity contribution in [2.75, 3.05) is 0 Å². The number of hydrogen-bond acceptors (Lipinski definition) is 3. The van der Waals surface area contributed by atoms with Gasteiger partial charge in [0, 0.05) is 22.5 Å². The fraction of sp³-hybridized carbons (Fsp3) is 0.214. The Hall–Kier alpha value is -1.03. The van der Waals surface area contributed by atoms with Crippen LogP contribution in [0.25, 0.3) is 0 Å². The quantitative estimate of drug-likeness (QED) is 0.856. The van der Waals surface area contributed by atoms with Crippen molar-refractivity contribution in [1.29, 1.82) is 0 Å². The van der Waals surface area contributed by atoms with Crippen LogP contribution in [0.2, 0.25) is 5.02 Å². The summed E-state index contributed by atoms with van der Waals surface area (Å²) in [5.41, 5.74) is 1.93. The molecule has 0 radical (unpaired) electrons. The van der Waals surface area contributed by atoms with E-state index in [4.69, 9.17) is 11.6 Å². The molecule has 2 nitrogen and oxygen atoms in total. The van der Waals surface area contributed by atoms with E-state index in [0.717, 1.165) is 26.9 Å². The first-order valence-corrected chi connectivity index (χ1v) is 7.04. The molecule has 0 saturated heterocycles. The number of hydrogen-bond donors (Lipinski definition) is 1. The van der Waals surface area contributed by atoms with Crippen LogP contribution in [0.1, 0.15) is 24.2 Å². The van der Waals surface area contributed by atoms with Crippen LogP contribution in [0.3, 0.4) is 0 Å². The van der Waals surface area contributed by atoms with Crippen LogP contribution < -0.4 is 0 Å². The molecule has 94 valence electrons. The number of halogens is 1. The highest BCUT2D eigenvalue weighted by Crippen LogP contribution is 2.29. The summed E-state index contributed by atoms with van der Waals surface area (Å²) in [5, 5.41) is 11.3. The van der Waals surface area contributed by atoms with Crippen LogP contribution in [0.15, 0.2) is 47.6 Å². The molecule has 0 bridgehead atoms. The van der Waals surface area contributed by atoms with E-state index in [2.05, 4.69) is 4.98 Å². The van der Waals surface area contributed by atoms with Crippen molar-refractivity contribution in [2.24, 2.45) is 0 Å². The lowest BCUT2D eigenvalue weighted by atomic mass is 10.2. The third kappa shape index (κ3) is 3.25. The van der Waals surface area contributed by atoms with E-state index in [1.54, 1.807) is 24.9 Å². The molecule has 1 aromatic carbocycles. The molecule has 0 fully saturated rings. The molecule has 0 aliphatic heterocycles. The van der Waals surface area contributed by atoms with E-state index < -0.39 is 6.10 Å². The van der Waals surface area contributed by atoms with E-state index in [-0.39, 0.29) is 0 Å². The van der Waals surface area contributed by atoms with Crippen LogP contribution in [0, 0.1) is 0 Å². The minimum absolute atomic E-state index is 0.507. The van der Waals surface area contributed by atoms with E-state index >= 15 is 0 Å². The average molecular weight is 280 g/mol. The van der Waals surface area contributed by atoms with E-state index in [9.17, 15) is 5.11 Å². The van der Waals surface area contributed by atoms with Gasteiger partial charge in [0.1, 0.15) is 5.03 Å². The molecule has 0 amide bonds. The molecule has 1 atom stereocenters. The van der Waals surface area contributed by atoms with Gasteiger partial charge in [-0.1, -0.05) is 35.9 Å². The third-order valence-electron chi connectivity index (χ3n) is 2.57. The number of aliphatic hydroxyl groups is 1. The van der Waals surface area contributed by atoms with Gasteiger partial charge in [0.15, 0.2) is 0 Å². The van der Waals surface area contributed by atoms with Crippen LogP contribution in [-0.4, -0.2) is 10.1 Å². The smallest absolute Gasteiger partial charge is 0.102 e. The summed E-state index contributed by atoms with van der Waals surface area (Å²) in [5.74, 6) is 0.746. The Kier molecular flexibility index (Phi) is 4.64. The third-order valence-corrected chi connectivity index (χ3v) is 4.01. The maximum atomic E-state index is 9.68. The highest BCUT2D eigenvalue weighted by atomic mass is 35.5. The first kappa shape index (κ1) is 13.4. The number of thioether (sulfide) groups is 1. The van der Waals surface area contributed by atoms with Gasteiger partial charge in [-0.3, -0.25) is 0 Å². The molecule has 0 saturated carbocycles. The van der Waals surface area contributed by atoms with Crippen molar-refractivity contribution in [1.82, 2.24) is 4.98 Å². The molecule has 1 aromatic heterocycles. The summed E-state index contributed by atoms with van der Waals surface area (Å²) >= 11 is 7.70. The molecule has 0 spiro atoms. The molecular formula is C14H14ClNOS. The number of benzene rings is 1. The van der Waals surface area contributed by atoms with Crippen LogP contribution >= 0.6 is 23.4 Å². The van der Waals surface area contributed by atoms with Crippen molar-refractivity contribution in [3.63, 3.8) is 0 Å². The Bertz CT molecular complexity index is 531. The lowest BCUT2D eigenvalue weighted by Crippen LogP contribution is -1.96. The lowest BCUT2D eigenvalue weighted by Gasteiger charge is -2.10. The molecule has 18 heavy (non-hydrogen) atoms. The zero-order chi connectivity index (χ0) is 13.0. The Morgan fingerprint density at radius 2 is 2.06 bits per heavy atom. The van der Waals surface area contributed by atoms with E-state index in [0.29, 0.717) is 0 Å². The second kappa shape index (κ2) is 6.23. The molecule has 1 N–H and O–H groups in total. The van der Waals surface area contributed by atoms with E-state index in [1.165, 1.54) is 0 Å². The van der Waals surface area contributed by atoms with Gasteiger partial charge in [-0.05, 0) is 24.6 Å².